The fourth-order valence-electron chi connectivity index (χ4n) is 4.12. The van der Waals surface area contributed by atoms with E-state index in [1.54, 1.807) is 25.3 Å². The molecule has 5 rings (SSSR count). The summed E-state index contributed by atoms with van der Waals surface area (Å²) in [7, 11) is 1.63. The Kier molecular flexibility index (Phi) is 6.15. The summed E-state index contributed by atoms with van der Waals surface area (Å²) in [4.78, 5) is 24.5. The van der Waals surface area contributed by atoms with Gasteiger partial charge in [-0.2, -0.15) is 0 Å². The van der Waals surface area contributed by atoms with E-state index in [4.69, 9.17) is 9.47 Å². The third-order valence-corrected chi connectivity index (χ3v) is 6.83. The quantitative estimate of drug-likeness (QED) is 0.402. The molecule has 1 aromatic heterocycles. The van der Waals surface area contributed by atoms with Gasteiger partial charge in [0.25, 0.3) is 0 Å². The van der Waals surface area contributed by atoms with Crippen LogP contribution < -0.4 is 10.1 Å². The lowest BCUT2D eigenvalue weighted by Crippen LogP contribution is -2.17. The zero-order valence-corrected chi connectivity index (χ0v) is 19.1. The Bertz CT molecular complexity index is 1190. The lowest BCUT2D eigenvalue weighted by Gasteiger charge is -2.15. The first kappa shape index (κ1) is 21.7. The molecule has 1 N–H and O–H groups in total. The molecule has 3 aromatic rings. The van der Waals surface area contributed by atoms with Crippen LogP contribution in [0.25, 0.3) is 11.4 Å². The van der Waals surface area contributed by atoms with Gasteiger partial charge in [-0.15, -0.1) is 10.2 Å². The molecule has 1 amide bonds. The summed E-state index contributed by atoms with van der Waals surface area (Å²) in [5.41, 5.74) is 3.16. The van der Waals surface area contributed by atoms with E-state index in [2.05, 4.69) is 15.5 Å². The highest BCUT2D eigenvalue weighted by Gasteiger charge is 2.23. The van der Waals surface area contributed by atoms with E-state index in [1.165, 1.54) is 11.8 Å². The van der Waals surface area contributed by atoms with Crippen molar-refractivity contribution in [1.29, 1.82) is 0 Å². The molecule has 2 aromatic carbocycles. The first-order valence-corrected chi connectivity index (χ1v) is 11.9. The molecule has 1 saturated heterocycles. The van der Waals surface area contributed by atoms with Gasteiger partial charge in [0.1, 0.15) is 5.75 Å². The molecule has 8 nitrogen and oxygen atoms in total. The molecule has 1 fully saturated rings. The van der Waals surface area contributed by atoms with E-state index in [-0.39, 0.29) is 23.5 Å². The van der Waals surface area contributed by atoms with Crippen molar-refractivity contribution in [3.8, 4) is 17.1 Å². The summed E-state index contributed by atoms with van der Waals surface area (Å²) < 4.78 is 13.2. The number of aromatic nitrogens is 3. The third-order valence-electron chi connectivity index (χ3n) is 5.86. The standard InChI is InChI=1S/C24H24N4O4S/c1-31-18-7-4-15(5-8-18)23-26-27-24(28(23)13-19-3-2-10-32-19)33-14-21(29)16-6-9-20-17(11-16)12-22(30)25-20/h4-9,11,19H,2-3,10,12-14H2,1H3,(H,25,30)/t19-/m1/s1. The molecule has 0 aliphatic carbocycles. The van der Waals surface area contributed by atoms with Crippen molar-refractivity contribution in [2.45, 2.75) is 37.1 Å². The number of fused-ring (bicyclic) bond motifs is 1. The molecular weight excluding hydrogens is 440 g/mol. The molecule has 0 unspecified atom stereocenters. The van der Waals surface area contributed by atoms with Gasteiger partial charge >= 0.3 is 0 Å². The molecule has 0 bridgehead atoms. The second-order valence-corrected chi connectivity index (χ2v) is 9.03. The minimum Gasteiger partial charge on any atom is -0.497 e. The number of Topliss-reactive ketones (excluding diaryl/α,β-unsaturated/α-hetero) is 1. The first-order chi connectivity index (χ1) is 16.1. The Morgan fingerprint density at radius 1 is 1.24 bits per heavy atom. The summed E-state index contributed by atoms with van der Waals surface area (Å²) in [6, 6.07) is 13.0. The highest BCUT2D eigenvalue weighted by molar-refractivity contribution is 7.99. The fourth-order valence-corrected chi connectivity index (χ4v) is 4.96. The molecule has 1 atom stereocenters. The summed E-state index contributed by atoms with van der Waals surface area (Å²) in [5, 5.41) is 12.3. The maximum atomic E-state index is 12.9. The number of hydrogen-bond acceptors (Lipinski definition) is 7. The molecule has 0 spiro atoms. The molecule has 33 heavy (non-hydrogen) atoms. The van der Waals surface area contributed by atoms with Gasteiger partial charge < -0.3 is 14.8 Å². The van der Waals surface area contributed by atoms with E-state index >= 15 is 0 Å². The second-order valence-electron chi connectivity index (χ2n) is 8.09. The van der Waals surface area contributed by atoms with E-state index in [1.807, 2.05) is 28.8 Å². The van der Waals surface area contributed by atoms with Gasteiger partial charge in [-0.1, -0.05) is 11.8 Å². The van der Waals surface area contributed by atoms with Crippen molar-refractivity contribution in [2.24, 2.45) is 0 Å². The number of methoxy groups -OCH3 is 1. The van der Waals surface area contributed by atoms with Crippen LogP contribution in [0.2, 0.25) is 0 Å². The van der Waals surface area contributed by atoms with Crippen molar-refractivity contribution < 1.29 is 19.1 Å². The molecule has 0 saturated carbocycles. The Balaban J connectivity index is 1.35. The van der Waals surface area contributed by atoms with Crippen LogP contribution in [0.15, 0.2) is 47.6 Å². The van der Waals surface area contributed by atoms with Gasteiger partial charge in [0, 0.05) is 23.4 Å². The van der Waals surface area contributed by atoms with E-state index in [9.17, 15) is 9.59 Å². The largest absolute Gasteiger partial charge is 0.497 e. The fraction of sp³-hybridized carbons (Fsp3) is 0.333. The zero-order valence-electron chi connectivity index (χ0n) is 18.2. The van der Waals surface area contributed by atoms with Crippen molar-refractivity contribution in [2.75, 3.05) is 24.8 Å². The van der Waals surface area contributed by atoms with Crippen LogP contribution >= 0.6 is 11.8 Å². The molecule has 0 radical (unpaired) electrons. The predicted octanol–water partition coefficient (Wildman–Crippen LogP) is 3.60. The number of nitrogens with zero attached hydrogens (tertiary/aromatic N) is 3. The Morgan fingerprint density at radius 3 is 2.85 bits per heavy atom. The minimum absolute atomic E-state index is 0.0141. The monoisotopic (exact) mass is 464 g/mol. The van der Waals surface area contributed by atoms with Gasteiger partial charge in [0.15, 0.2) is 16.8 Å². The Morgan fingerprint density at radius 2 is 2.09 bits per heavy atom. The molecule has 170 valence electrons. The molecule has 2 aliphatic rings. The van der Waals surface area contributed by atoms with Crippen LogP contribution in [0.3, 0.4) is 0 Å². The van der Waals surface area contributed by atoms with Gasteiger partial charge in [-0.05, 0) is 60.9 Å². The molecule has 9 heteroatoms. The number of anilines is 1. The summed E-state index contributed by atoms with van der Waals surface area (Å²) >= 11 is 1.37. The Hall–Kier alpha value is -3.17. The van der Waals surface area contributed by atoms with Crippen molar-refractivity contribution in [3.63, 3.8) is 0 Å². The molecule has 2 aliphatic heterocycles. The summed E-state index contributed by atoms with van der Waals surface area (Å²) in [6.45, 7) is 1.40. The molecule has 3 heterocycles. The van der Waals surface area contributed by atoms with Crippen LogP contribution in [0.4, 0.5) is 5.69 Å². The average molecular weight is 465 g/mol. The number of hydrogen-bond donors (Lipinski definition) is 1. The lowest BCUT2D eigenvalue weighted by molar-refractivity contribution is -0.115. The zero-order chi connectivity index (χ0) is 22.8. The number of ketones is 1. The summed E-state index contributed by atoms with van der Waals surface area (Å²) in [6.07, 6.45) is 2.45. The highest BCUT2D eigenvalue weighted by Crippen LogP contribution is 2.29. The van der Waals surface area contributed by atoms with Crippen LogP contribution in [0.1, 0.15) is 28.8 Å². The van der Waals surface area contributed by atoms with Gasteiger partial charge in [-0.25, -0.2) is 0 Å². The maximum Gasteiger partial charge on any atom is 0.228 e. The number of rotatable bonds is 8. The maximum absolute atomic E-state index is 12.9. The van der Waals surface area contributed by atoms with Gasteiger partial charge in [0.2, 0.25) is 5.91 Å². The number of ether oxygens (including phenoxy) is 2. The van der Waals surface area contributed by atoms with Crippen molar-refractivity contribution in [3.05, 3.63) is 53.6 Å². The molecular formula is C24H24N4O4S. The van der Waals surface area contributed by atoms with E-state index in [0.717, 1.165) is 47.8 Å². The van der Waals surface area contributed by atoms with E-state index < -0.39 is 0 Å². The Labute approximate surface area is 195 Å². The smallest absolute Gasteiger partial charge is 0.228 e. The number of amides is 1. The van der Waals surface area contributed by atoms with Gasteiger partial charge in [0.05, 0.1) is 31.9 Å². The number of benzene rings is 2. The highest BCUT2D eigenvalue weighted by atomic mass is 32.2. The predicted molar refractivity (Wildman–Crippen MR) is 125 cm³/mol. The van der Waals surface area contributed by atoms with Crippen LogP contribution in [-0.2, 0) is 22.5 Å². The van der Waals surface area contributed by atoms with Crippen molar-refractivity contribution in [1.82, 2.24) is 14.8 Å². The lowest BCUT2D eigenvalue weighted by atomic mass is 10.1. The van der Waals surface area contributed by atoms with Crippen LogP contribution in [0.5, 0.6) is 5.75 Å². The topological polar surface area (TPSA) is 95.3 Å². The average Bonchev–Trinajstić information content (AvgIpc) is 3.57. The SMILES string of the molecule is COc1ccc(-c2nnc(SCC(=O)c3ccc4c(c3)CC(=O)N4)n2C[C@H]2CCCO2)cc1. The number of thioether (sulfide) groups is 1. The number of carbonyl (C=O) groups is 2. The number of carbonyl (C=O) groups excluding carboxylic acids is 2. The van der Waals surface area contributed by atoms with Crippen LogP contribution in [-0.4, -0.2) is 52.0 Å². The van der Waals surface area contributed by atoms with E-state index in [0.29, 0.717) is 23.7 Å². The first-order valence-electron chi connectivity index (χ1n) is 10.9. The van der Waals surface area contributed by atoms with Crippen molar-refractivity contribution >= 4 is 29.1 Å². The van der Waals surface area contributed by atoms with Crippen LogP contribution in [0, 0.1) is 0 Å². The minimum atomic E-state index is -0.0442. The summed E-state index contributed by atoms with van der Waals surface area (Å²) in [5.74, 6) is 1.68. The number of nitrogens with one attached hydrogen (secondary N) is 1. The van der Waals surface area contributed by atoms with Gasteiger partial charge in [-0.3, -0.25) is 14.2 Å². The second kappa shape index (κ2) is 9.36. The normalized spacial score (nSPS) is 17.1. The third kappa shape index (κ3) is 4.65.